The van der Waals surface area contributed by atoms with Gasteiger partial charge in [0.2, 0.25) is 0 Å². The van der Waals surface area contributed by atoms with Crippen molar-refractivity contribution in [3.05, 3.63) is 41.1 Å². The molecule has 2 aromatic rings. The zero-order chi connectivity index (χ0) is 19.7. The van der Waals surface area contributed by atoms with Crippen LogP contribution >= 0.6 is 0 Å². The number of benzene rings is 1. The van der Waals surface area contributed by atoms with Crippen LogP contribution in [0, 0.1) is 0 Å². The number of hydrogen-bond donors (Lipinski definition) is 3. The molecule has 1 aliphatic heterocycles. The number of nitrogens with zero attached hydrogens (tertiary/aromatic N) is 1. The van der Waals surface area contributed by atoms with Gasteiger partial charge in [0.1, 0.15) is 6.10 Å². The molecule has 150 valence electrons. The first-order chi connectivity index (χ1) is 13.5. The molecule has 4 rings (SSSR count). The number of alkyl carbamates (subject to hydrolysis) is 1. The molecular formula is C20H26N4O3S. The molecule has 0 bridgehead atoms. The Kier molecular flexibility index (Phi) is 5.39. The number of hydrogen-bond acceptors (Lipinski definition) is 5. The highest BCUT2D eigenvalue weighted by molar-refractivity contribution is 7.83. The highest BCUT2D eigenvalue weighted by Gasteiger charge is 2.30. The van der Waals surface area contributed by atoms with Crippen LogP contribution in [0.2, 0.25) is 0 Å². The first-order valence-corrected chi connectivity index (χ1v) is 11.2. The Bertz CT molecular complexity index is 895. The Morgan fingerprint density at radius 2 is 2.07 bits per heavy atom. The van der Waals surface area contributed by atoms with Gasteiger partial charge in [0.15, 0.2) is 5.82 Å². The Hall–Kier alpha value is -2.35. The normalized spacial score (nSPS) is 23.6. The average molecular weight is 403 g/mol. The number of ether oxygens (including phenoxy) is 1. The quantitative estimate of drug-likeness (QED) is 0.709. The summed E-state index contributed by atoms with van der Waals surface area (Å²) < 4.78 is 17.2. The maximum atomic E-state index is 11.8. The van der Waals surface area contributed by atoms with Crippen LogP contribution in [0.3, 0.4) is 0 Å². The molecule has 2 heterocycles. The van der Waals surface area contributed by atoms with Gasteiger partial charge in [-0.15, -0.1) is 0 Å². The number of H-pyrrole nitrogens is 1. The predicted octanol–water partition coefficient (Wildman–Crippen LogP) is 3.69. The molecule has 7 nitrogen and oxygen atoms in total. The first-order valence-electron chi connectivity index (χ1n) is 9.72. The van der Waals surface area contributed by atoms with Crippen molar-refractivity contribution in [2.75, 3.05) is 5.32 Å². The van der Waals surface area contributed by atoms with Crippen LogP contribution in [0.5, 0.6) is 0 Å². The van der Waals surface area contributed by atoms with E-state index < -0.39 is 10.8 Å². The number of anilines is 2. The van der Waals surface area contributed by atoms with Crippen LogP contribution in [0.4, 0.5) is 16.3 Å². The van der Waals surface area contributed by atoms with Crippen molar-refractivity contribution in [3.8, 4) is 0 Å². The van der Waals surface area contributed by atoms with E-state index in [1.807, 2.05) is 32.0 Å². The van der Waals surface area contributed by atoms with E-state index in [2.05, 4.69) is 26.9 Å². The lowest BCUT2D eigenvalue weighted by Gasteiger charge is -2.14. The maximum absolute atomic E-state index is 11.8. The third-order valence-electron chi connectivity index (χ3n) is 5.21. The highest BCUT2D eigenvalue weighted by Crippen LogP contribution is 2.36. The molecule has 1 aliphatic carbocycles. The SMILES string of the molecule is CC(C)NC(=O)OC1CCC(c2cc(Nc3ccc4c(c3)CS(=O)C4)n[nH]2)C1. The standard InChI is InChI=1S/C20H26N4O3S/c1-12(2)21-20(25)27-17-6-4-13(8-17)18-9-19(24-23-18)22-16-5-3-14-10-28(26)11-15(14)7-16/h3,5,7,9,12-13,17H,4,6,8,10-11H2,1-2H3,(H,21,25)(H2,22,23,24). The number of carbonyl (C=O) groups is 1. The third kappa shape index (κ3) is 4.38. The van der Waals surface area contributed by atoms with Gasteiger partial charge in [0.05, 0.1) is 0 Å². The lowest BCUT2D eigenvalue weighted by atomic mass is 10.0. The lowest BCUT2D eigenvalue weighted by molar-refractivity contribution is 0.0981. The summed E-state index contributed by atoms with van der Waals surface area (Å²) in [5.74, 6) is 2.35. The molecule has 3 unspecified atom stereocenters. The molecule has 1 aromatic carbocycles. The number of carbonyl (C=O) groups excluding carboxylic acids is 1. The molecule has 0 saturated heterocycles. The number of nitrogens with one attached hydrogen (secondary N) is 3. The van der Waals surface area contributed by atoms with Gasteiger partial charge in [-0.1, -0.05) is 6.07 Å². The van der Waals surface area contributed by atoms with Gasteiger partial charge >= 0.3 is 6.09 Å². The van der Waals surface area contributed by atoms with Gasteiger partial charge in [-0.2, -0.15) is 5.10 Å². The minimum Gasteiger partial charge on any atom is -0.446 e. The van der Waals surface area contributed by atoms with Gasteiger partial charge in [0, 0.05) is 51.7 Å². The smallest absolute Gasteiger partial charge is 0.407 e. The summed E-state index contributed by atoms with van der Waals surface area (Å²) in [6, 6.07) is 8.19. The van der Waals surface area contributed by atoms with E-state index in [1.165, 1.54) is 5.56 Å². The third-order valence-corrected chi connectivity index (χ3v) is 6.48. The number of aromatic amines is 1. The minimum absolute atomic E-state index is 0.0546. The fourth-order valence-corrected chi connectivity index (χ4v) is 5.23. The van der Waals surface area contributed by atoms with Crippen molar-refractivity contribution in [3.63, 3.8) is 0 Å². The van der Waals surface area contributed by atoms with Crippen LogP contribution in [0.25, 0.3) is 0 Å². The van der Waals surface area contributed by atoms with Gasteiger partial charge in [0.25, 0.3) is 0 Å². The molecule has 0 spiro atoms. The van der Waals surface area contributed by atoms with E-state index >= 15 is 0 Å². The number of fused-ring (bicyclic) bond motifs is 1. The summed E-state index contributed by atoms with van der Waals surface area (Å²) in [7, 11) is -0.773. The van der Waals surface area contributed by atoms with Gasteiger partial charge in [-0.25, -0.2) is 4.79 Å². The molecule has 1 aromatic heterocycles. The maximum Gasteiger partial charge on any atom is 0.407 e. The van der Waals surface area contributed by atoms with Crippen molar-refractivity contribution < 1.29 is 13.7 Å². The fourth-order valence-electron chi connectivity index (χ4n) is 3.89. The number of rotatable bonds is 5. The summed E-state index contributed by atoms with van der Waals surface area (Å²) in [4.78, 5) is 11.8. The second-order valence-corrected chi connectivity index (χ2v) is 9.34. The predicted molar refractivity (Wildman–Crippen MR) is 109 cm³/mol. The summed E-state index contributed by atoms with van der Waals surface area (Å²) in [6.07, 6.45) is 2.23. The van der Waals surface area contributed by atoms with Crippen LogP contribution in [0.15, 0.2) is 24.3 Å². The molecule has 1 fully saturated rings. The van der Waals surface area contributed by atoms with Gasteiger partial charge in [-0.3, -0.25) is 9.31 Å². The molecule has 1 saturated carbocycles. The van der Waals surface area contributed by atoms with E-state index in [1.54, 1.807) is 0 Å². The second kappa shape index (κ2) is 7.95. The van der Waals surface area contributed by atoms with Crippen LogP contribution < -0.4 is 10.6 Å². The summed E-state index contributed by atoms with van der Waals surface area (Å²) in [6.45, 7) is 3.83. The van der Waals surface area contributed by atoms with Crippen LogP contribution in [-0.4, -0.2) is 32.6 Å². The van der Waals surface area contributed by atoms with Crippen molar-refractivity contribution in [2.24, 2.45) is 0 Å². The van der Waals surface area contributed by atoms with Crippen molar-refractivity contribution >= 4 is 28.4 Å². The van der Waals surface area contributed by atoms with E-state index in [4.69, 9.17) is 4.74 Å². The zero-order valence-electron chi connectivity index (χ0n) is 16.2. The van der Waals surface area contributed by atoms with Crippen molar-refractivity contribution in [1.82, 2.24) is 15.5 Å². The topological polar surface area (TPSA) is 96.1 Å². The molecule has 0 radical (unpaired) electrons. The summed E-state index contributed by atoms with van der Waals surface area (Å²) in [5, 5.41) is 13.6. The van der Waals surface area contributed by atoms with E-state index in [0.717, 1.165) is 42.0 Å². The van der Waals surface area contributed by atoms with E-state index in [-0.39, 0.29) is 18.2 Å². The molecular weight excluding hydrogens is 376 g/mol. The summed E-state index contributed by atoms with van der Waals surface area (Å²) in [5.41, 5.74) is 4.33. The molecule has 3 atom stereocenters. The molecule has 8 heteroatoms. The Balaban J connectivity index is 1.34. The highest BCUT2D eigenvalue weighted by atomic mass is 32.2. The number of amides is 1. The molecule has 2 aliphatic rings. The lowest BCUT2D eigenvalue weighted by Crippen LogP contribution is -2.33. The van der Waals surface area contributed by atoms with Gasteiger partial charge in [-0.05, 0) is 56.4 Å². The fraction of sp³-hybridized carbons (Fsp3) is 0.500. The zero-order valence-corrected chi connectivity index (χ0v) is 17.0. The summed E-state index contributed by atoms with van der Waals surface area (Å²) >= 11 is 0. The Morgan fingerprint density at radius 1 is 1.25 bits per heavy atom. The van der Waals surface area contributed by atoms with Crippen molar-refractivity contribution in [2.45, 2.75) is 62.7 Å². The van der Waals surface area contributed by atoms with Gasteiger partial charge < -0.3 is 15.4 Å². The largest absolute Gasteiger partial charge is 0.446 e. The van der Waals surface area contributed by atoms with Crippen LogP contribution in [-0.2, 0) is 27.0 Å². The van der Waals surface area contributed by atoms with Crippen molar-refractivity contribution in [1.29, 1.82) is 0 Å². The minimum atomic E-state index is -0.773. The van der Waals surface area contributed by atoms with Crippen LogP contribution in [0.1, 0.15) is 55.8 Å². The molecule has 3 N–H and O–H groups in total. The second-order valence-electron chi connectivity index (χ2n) is 7.88. The Morgan fingerprint density at radius 3 is 2.89 bits per heavy atom. The first kappa shape index (κ1) is 19.0. The monoisotopic (exact) mass is 402 g/mol. The van der Waals surface area contributed by atoms with E-state index in [9.17, 15) is 9.00 Å². The van der Waals surface area contributed by atoms with E-state index in [0.29, 0.717) is 17.4 Å². The molecule has 1 amide bonds. The Labute approximate surface area is 167 Å². The number of aromatic nitrogens is 2. The average Bonchev–Trinajstić information content (AvgIpc) is 3.32. The molecule has 28 heavy (non-hydrogen) atoms.